The van der Waals surface area contributed by atoms with Crippen LogP contribution >= 0.6 is 23.8 Å². The fraction of sp³-hybridized carbons (Fsp3) is 0.429. The van der Waals surface area contributed by atoms with E-state index < -0.39 is 0 Å². The molecule has 19 heavy (non-hydrogen) atoms. The Bertz CT molecular complexity index is 475. The number of benzene rings is 1. The lowest BCUT2D eigenvalue weighted by Gasteiger charge is -2.35. The second kappa shape index (κ2) is 6.35. The van der Waals surface area contributed by atoms with E-state index in [2.05, 4.69) is 0 Å². The molecule has 3 nitrogen and oxygen atoms in total. The van der Waals surface area contributed by atoms with Gasteiger partial charge in [-0.2, -0.15) is 0 Å². The van der Waals surface area contributed by atoms with Crippen molar-refractivity contribution < 1.29 is 4.79 Å². The summed E-state index contributed by atoms with van der Waals surface area (Å²) in [6.07, 6.45) is 3.34. The lowest BCUT2D eigenvalue weighted by molar-refractivity contribution is -0.132. The maximum Gasteiger partial charge on any atom is 0.227 e. The second-order valence-corrected chi connectivity index (χ2v) is 5.71. The lowest BCUT2D eigenvalue weighted by atomic mass is 10.0. The van der Waals surface area contributed by atoms with Gasteiger partial charge in [0.2, 0.25) is 5.91 Å². The normalized spacial score (nSPS) is 19.2. The average Bonchev–Trinajstić information content (AvgIpc) is 2.41. The Morgan fingerprint density at radius 1 is 1.37 bits per heavy atom. The number of carbonyl (C=O) groups excluding carboxylic acids is 1. The SMILES string of the molecule is NC(=S)C1CCCCN1C(=O)Cc1ccc(Cl)cc1. The molecule has 1 aliphatic rings. The number of halogens is 1. The van der Waals surface area contributed by atoms with Crippen LogP contribution in [0.15, 0.2) is 24.3 Å². The van der Waals surface area contributed by atoms with Crippen molar-refractivity contribution >= 4 is 34.7 Å². The van der Waals surface area contributed by atoms with E-state index in [1.165, 1.54) is 0 Å². The number of rotatable bonds is 3. The molecule has 0 bridgehead atoms. The van der Waals surface area contributed by atoms with Crippen LogP contribution in [0.1, 0.15) is 24.8 Å². The smallest absolute Gasteiger partial charge is 0.227 e. The van der Waals surface area contributed by atoms with Crippen molar-refractivity contribution in [1.82, 2.24) is 4.90 Å². The molecule has 1 fully saturated rings. The van der Waals surface area contributed by atoms with Crippen molar-refractivity contribution in [3.05, 3.63) is 34.9 Å². The van der Waals surface area contributed by atoms with E-state index in [0.29, 0.717) is 16.4 Å². The van der Waals surface area contributed by atoms with Crippen LogP contribution in [0.2, 0.25) is 5.02 Å². The fourth-order valence-electron chi connectivity index (χ4n) is 2.40. The van der Waals surface area contributed by atoms with Crippen molar-refractivity contribution in [2.24, 2.45) is 5.73 Å². The minimum Gasteiger partial charge on any atom is -0.392 e. The maximum atomic E-state index is 12.3. The molecule has 0 aromatic heterocycles. The highest BCUT2D eigenvalue weighted by Gasteiger charge is 2.28. The monoisotopic (exact) mass is 296 g/mol. The standard InChI is InChI=1S/C14H17ClN2OS/c15-11-6-4-10(5-7-11)9-13(18)17-8-2-1-3-12(17)14(16)19/h4-7,12H,1-3,8-9H2,(H2,16,19). The topological polar surface area (TPSA) is 46.3 Å². The molecule has 0 aliphatic carbocycles. The van der Waals surface area contributed by atoms with Crippen LogP contribution in [0.4, 0.5) is 0 Å². The average molecular weight is 297 g/mol. The van der Waals surface area contributed by atoms with Crippen LogP contribution in [0, 0.1) is 0 Å². The Morgan fingerprint density at radius 3 is 2.68 bits per heavy atom. The molecule has 2 N–H and O–H groups in total. The third-order valence-corrected chi connectivity index (χ3v) is 3.94. The summed E-state index contributed by atoms with van der Waals surface area (Å²) in [5.41, 5.74) is 6.69. The highest BCUT2D eigenvalue weighted by molar-refractivity contribution is 7.80. The summed E-state index contributed by atoms with van der Waals surface area (Å²) in [5, 5.41) is 0.676. The number of carbonyl (C=O) groups is 1. The predicted molar refractivity (Wildman–Crippen MR) is 81.3 cm³/mol. The van der Waals surface area contributed by atoms with E-state index in [9.17, 15) is 4.79 Å². The van der Waals surface area contributed by atoms with Gasteiger partial charge >= 0.3 is 0 Å². The van der Waals surface area contributed by atoms with Crippen molar-refractivity contribution in [1.29, 1.82) is 0 Å². The van der Waals surface area contributed by atoms with E-state index in [1.54, 1.807) is 12.1 Å². The molecule has 5 heteroatoms. The van der Waals surface area contributed by atoms with Gasteiger partial charge in [-0.05, 0) is 37.0 Å². The number of piperidine rings is 1. The number of amides is 1. The summed E-state index contributed by atoms with van der Waals surface area (Å²) in [6.45, 7) is 0.744. The van der Waals surface area contributed by atoms with Crippen molar-refractivity contribution in [2.45, 2.75) is 31.7 Å². The molecule has 1 aromatic rings. The molecule has 0 saturated carbocycles. The molecular weight excluding hydrogens is 280 g/mol. The first-order chi connectivity index (χ1) is 9.08. The molecule has 1 saturated heterocycles. The third kappa shape index (κ3) is 3.67. The number of likely N-dealkylation sites (tertiary alicyclic amines) is 1. The molecule has 0 radical (unpaired) electrons. The molecule has 0 spiro atoms. The first kappa shape index (κ1) is 14.3. The molecule has 2 rings (SSSR count). The molecule has 1 unspecified atom stereocenters. The van der Waals surface area contributed by atoms with Gasteiger partial charge in [-0.15, -0.1) is 0 Å². The number of thiocarbonyl (C=S) groups is 1. The van der Waals surface area contributed by atoms with E-state index >= 15 is 0 Å². The fourth-order valence-corrected chi connectivity index (χ4v) is 2.78. The molecular formula is C14H17ClN2OS. The Hall–Kier alpha value is -1.13. The van der Waals surface area contributed by atoms with Crippen molar-refractivity contribution in [2.75, 3.05) is 6.54 Å². The van der Waals surface area contributed by atoms with Crippen LogP contribution in [0.25, 0.3) is 0 Å². The Balaban J connectivity index is 2.05. The van der Waals surface area contributed by atoms with E-state index in [-0.39, 0.29) is 11.9 Å². The molecule has 102 valence electrons. The van der Waals surface area contributed by atoms with E-state index in [4.69, 9.17) is 29.6 Å². The van der Waals surface area contributed by atoms with Crippen LogP contribution in [0.3, 0.4) is 0 Å². The summed E-state index contributed by atoms with van der Waals surface area (Å²) in [4.78, 5) is 14.6. The highest BCUT2D eigenvalue weighted by atomic mass is 35.5. The third-order valence-electron chi connectivity index (χ3n) is 3.42. The molecule has 1 aromatic carbocycles. The minimum atomic E-state index is -0.0800. The largest absolute Gasteiger partial charge is 0.392 e. The van der Waals surface area contributed by atoms with Gasteiger partial charge in [-0.25, -0.2) is 0 Å². The van der Waals surface area contributed by atoms with Gasteiger partial charge in [-0.3, -0.25) is 4.79 Å². The van der Waals surface area contributed by atoms with Gasteiger partial charge in [-0.1, -0.05) is 36.0 Å². The van der Waals surface area contributed by atoms with Crippen LogP contribution < -0.4 is 5.73 Å². The van der Waals surface area contributed by atoms with E-state index in [0.717, 1.165) is 31.4 Å². The summed E-state index contributed by atoms with van der Waals surface area (Å²) in [6, 6.07) is 7.26. The van der Waals surface area contributed by atoms with Gasteiger partial charge in [0.1, 0.15) is 0 Å². The van der Waals surface area contributed by atoms with Gasteiger partial charge in [0.25, 0.3) is 0 Å². The minimum absolute atomic E-state index is 0.0800. The van der Waals surface area contributed by atoms with Gasteiger partial charge < -0.3 is 10.6 Å². The summed E-state index contributed by atoms with van der Waals surface area (Å²) < 4.78 is 0. The molecule has 1 heterocycles. The summed E-state index contributed by atoms with van der Waals surface area (Å²) >= 11 is 10.9. The first-order valence-electron chi connectivity index (χ1n) is 6.41. The van der Waals surface area contributed by atoms with Gasteiger partial charge in [0.15, 0.2) is 0 Å². The predicted octanol–water partition coefficient (Wildman–Crippen LogP) is 2.55. The van der Waals surface area contributed by atoms with Crippen molar-refractivity contribution in [3.8, 4) is 0 Å². The Morgan fingerprint density at radius 2 is 2.05 bits per heavy atom. The highest BCUT2D eigenvalue weighted by Crippen LogP contribution is 2.19. The number of nitrogens with zero attached hydrogens (tertiary/aromatic N) is 1. The molecule has 1 aliphatic heterocycles. The Labute approximate surface area is 123 Å². The summed E-state index contributed by atoms with van der Waals surface area (Å²) in [7, 11) is 0. The zero-order valence-electron chi connectivity index (χ0n) is 10.6. The van der Waals surface area contributed by atoms with Gasteiger partial charge in [0, 0.05) is 11.6 Å². The second-order valence-electron chi connectivity index (χ2n) is 4.80. The maximum absolute atomic E-state index is 12.3. The lowest BCUT2D eigenvalue weighted by Crippen LogP contribution is -2.50. The van der Waals surface area contributed by atoms with E-state index in [1.807, 2.05) is 17.0 Å². The number of hydrogen-bond donors (Lipinski definition) is 1. The van der Waals surface area contributed by atoms with Crippen LogP contribution in [0.5, 0.6) is 0 Å². The molecule has 1 atom stereocenters. The first-order valence-corrected chi connectivity index (χ1v) is 7.20. The Kier molecular flexibility index (Phi) is 4.77. The quantitative estimate of drug-likeness (QED) is 0.872. The molecule has 1 amide bonds. The zero-order valence-corrected chi connectivity index (χ0v) is 12.2. The number of hydrogen-bond acceptors (Lipinski definition) is 2. The van der Waals surface area contributed by atoms with Crippen LogP contribution in [-0.2, 0) is 11.2 Å². The number of nitrogens with two attached hydrogens (primary N) is 1. The van der Waals surface area contributed by atoms with Crippen molar-refractivity contribution in [3.63, 3.8) is 0 Å². The van der Waals surface area contributed by atoms with Crippen LogP contribution in [-0.4, -0.2) is 28.4 Å². The zero-order chi connectivity index (χ0) is 13.8. The van der Waals surface area contributed by atoms with Gasteiger partial charge in [0.05, 0.1) is 17.5 Å². The summed E-state index contributed by atoms with van der Waals surface area (Å²) in [5.74, 6) is 0.0832.